The summed E-state index contributed by atoms with van der Waals surface area (Å²) in [5.74, 6) is -0.245. The Bertz CT molecular complexity index is 723. The molecular formula is C21H27FN4O. The van der Waals surface area contributed by atoms with Gasteiger partial charge in [0.2, 0.25) is 0 Å². The van der Waals surface area contributed by atoms with Crippen molar-refractivity contribution >= 4 is 6.03 Å². The molecule has 1 aliphatic heterocycles. The maximum Gasteiger partial charge on any atom is 0.317 e. The zero-order valence-corrected chi connectivity index (χ0v) is 15.8. The van der Waals surface area contributed by atoms with E-state index in [9.17, 15) is 9.18 Å². The Morgan fingerprint density at radius 2 is 2.11 bits per heavy atom. The van der Waals surface area contributed by atoms with E-state index in [1.165, 1.54) is 12.1 Å². The molecule has 144 valence electrons. The molecule has 2 heterocycles. The van der Waals surface area contributed by atoms with Crippen LogP contribution in [0.4, 0.5) is 9.18 Å². The van der Waals surface area contributed by atoms with E-state index in [2.05, 4.69) is 22.2 Å². The number of hydrogen-bond donors (Lipinski definition) is 1. The minimum atomic E-state index is -0.245. The number of amides is 2. The Hall–Kier alpha value is -2.47. The Kier molecular flexibility index (Phi) is 6.76. The molecule has 1 fully saturated rings. The highest BCUT2D eigenvalue weighted by atomic mass is 19.1. The topological polar surface area (TPSA) is 48.5 Å². The van der Waals surface area contributed by atoms with Crippen molar-refractivity contribution in [3.05, 3.63) is 65.7 Å². The minimum Gasteiger partial charge on any atom is -0.334 e. The Labute approximate surface area is 160 Å². The van der Waals surface area contributed by atoms with E-state index in [0.717, 1.165) is 37.1 Å². The highest BCUT2D eigenvalue weighted by molar-refractivity contribution is 5.74. The number of piperidine rings is 1. The van der Waals surface area contributed by atoms with E-state index in [0.29, 0.717) is 19.5 Å². The van der Waals surface area contributed by atoms with Crippen LogP contribution in [0.25, 0.3) is 0 Å². The van der Waals surface area contributed by atoms with Crippen molar-refractivity contribution in [2.45, 2.75) is 31.8 Å². The fourth-order valence-electron chi connectivity index (χ4n) is 3.43. The molecule has 2 amide bonds. The van der Waals surface area contributed by atoms with Gasteiger partial charge in [-0.15, -0.1) is 0 Å². The summed E-state index contributed by atoms with van der Waals surface area (Å²) in [7, 11) is 2.08. The molecule has 1 aromatic carbocycles. The average Bonchev–Trinajstić information content (AvgIpc) is 2.67. The van der Waals surface area contributed by atoms with Gasteiger partial charge in [0, 0.05) is 38.1 Å². The summed E-state index contributed by atoms with van der Waals surface area (Å²) in [5.41, 5.74) is 2.00. The molecule has 1 saturated heterocycles. The van der Waals surface area contributed by atoms with Crippen LogP contribution in [-0.2, 0) is 13.0 Å². The lowest BCUT2D eigenvalue weighted by atomic mass is 10.1. The zero-order valence-electron chi connectivity index (χ0n) is 15.8. The maximum absolute atomic E-state index is 13.1. The number of urea groups is 1. The molecule has 1 N–H and O–H groups in total. The second-order valence-corrected chi connectivity index (χ2v) is 7.21. The molecule has 6 heteroatoms. The van der Waals surface area contributed by atoms with Gasteiger partial charge in [0.15, 0.2) is 0 Å². The normalized spacial score (nSPS) is 17.5. The predicted octanol–water partition coefficient (Wildman–Crippen LogP) is 3.07. The largest absolute Gasteiger partial charge is 0.334 e. The minimum absolute atomic E-state index is 0.0544. The van der Waals surface area contributed by atoms with Gasteiger partial charge in [0.25, 0.3) is 0 Å². The smallest absolute Gasteiger partial charge is 0.317 e. The van der Waals surface area contributed by atoms with E-state index in [4.69, 9.17) is 0 Å². The van der Waals surface area contributed by atoms with Crippen LogP contribution < -0.4 is 5.32 Å². The lowest BCUT2D eigenvalue weighted by molar-refractivity contribution is 0.176. The van der Waals surface area contributed by atoms with Crippen molar-refractivity contribution in [2.75, 3.05) is 26.7 Å². The average molecular weight is 370 g/mol. The molecule has 3 rings (SSSR count). The SMILES string of the molecule is CN1CCCC(NC(=O)N(CCc2ccc(F)cc2)Cc2cccnc2)C1. The van der Waals surface area contributed by atoms with Crippen LogP contribution in [0.3, 0.4) is 0 Å². The summed E-state index contributed by atoms with van der Waals surface area (Å²) in [4.78, 5) is 21.1. The van der Waals surface area contributed by atoms with Crippen LogP contribution in [0, 0.1) is 5.82 Å². The lowest BCUT2D eigenvalue weighted by Gasteiger charge is -2.32. The van der Waals surface area contributed by atoms with Crippen LogP contribution in [-0.4, -0.2) is 53.5 Å². The number of halogens is 1. The number of carbonyl (C=O) groups excluding carboxylic acids is 1. The van der Waals surface area contributed by atoms with Gasteiger partial charge >= 0.3 is 6.03 Å². The number of nitrogens with one attached hydrogen (secondary N) is 1. The molecule has 1 unspecified atom stereocenters. The molecular weight excluding hydrogens is 343 g/mol. The Morgan fingerprint density at radius 3 is 2.81 bits per heavy atom. The highest BCUT2D eigenvalue weighted by Gasteiger charge is 2.22. The van der Waals surface area contributed by atoms with Gasteiger partial charge in [-0.2, -0.15) is 0 Å². The number of likely N-dealkylation sites (tertiary alicyclic amines) is 1. The third-order valence-electron chi connectivity index (χ3n) is 4.92. The predicted molar refractivity (Wildman–Crippen MR) is 104 cm³/mol. The Balaban J connectivity index is 1.64. The first kappa shape index (κ1) is 19.3. The van der Waals surface area contributed by atoms with Crippen molar-refractivity contribution in [1.82, 2.24) is 20.1 Å². The monoisotopic (exact) mass is 370 g/mol. The fourth-order valence-corrected chi connectivity index (χ4v) is 3.43. The first-order valence-corrected chi connectivity index (χ1v) is 9.47. The summed E-state index contributed by atoms with van der Waals surface area (Å²) in [5, 5.41) is 3.18. The van der Waals surface area contributed by atoms with Crippen molar-refractivity contribution in [3.63, 3.8) is 0 Å². The number of nitrogens with zero attached hydrogens (tertiary/aromatic N) is 3. The second kappa shape index (κ2) is 9.46. The third kappa shape index (κ3) is 6.03. The number of carbonyl (C=O) groups is 1. The number of hydrogen-bond acceptors (Lipinski definition) is 3. The van der Waals surface area contributed by atoms with Gasteiger partial charge in [0.1, 0.15) is 5.82 Å². The molecule has 0 saturated carbocycles. The molecule has 1 atom stereocenters. The fraction of sp³-hybridized carbons (Fsp3) is 0.429. The lowest BCUT2D eigenvalue weighted by Crippen LogP contribution is -2.50. The van der Waals surface area contributed by atoms with Crippen molar-refractivity contribution < 1.29 is 9.18 Å². The van der Waals surface area contributed by atoms with Crippen LogP contribution in [0.5, 0.6) is 0 Å². The molecule has 0 aliphatic carbocycles. The first-order chi connectivity index (χ1) is 13.1. The number of benzene rings is 1. The zero-order chi connectivity index (χ0) is 19.1. The molecule has 27 heavy (non-hydrogen) atoms. The van der Waals surface area contributed by atoms with Crippen molar-refractivity contribution in [1.29, 1.82) is 0 Å². The van der Waals surface area contributed by atoms with E-state index in [-0.39, 0.29) is 17.9 Å². The molecule has 0 radical (unpaired) electrons. The maximum atomic E-state index is 13.1. The van der Waals surface area contributed by atoms with E-state index in [1.807, 2.05) is 17.0 Å². The van der Waals surface area contributed by atoms with Gasteiger partial charge in [0.05, 0.1) is 0 Å². The van der Waals surface area contributed by atoms with E-state index in [1.54, 1.807) is 24.5 Å². The molecule has 0 bridgehead atoms. The number of likely N-dealkylation sites (N-methyl/N-ethyl adjacent to an activating group) is 1. The van der Waals surface area contributed by atoms with E-state index < -0.39 is 0 Å². The van der Waals surface area contributed by atoms with Gasteiger partial charge in [-0.25, -0.2) is 9.18 Å². The summed E-state index contributed by atoms with van der Waals surface area (Å²) in [6.07, 6.45) is 6.30. The highest BCUT2D eigenvalue weighted by Crippen LogP contribution is 2.11. The number of aromatic nitrogens is 1. The molecule has 1 aliphatic rings. The van der Waals surface area contributed by atoms with Gasteiger partial charge in [-0.3, -0.25) is 4.98 Å². The van der Waals surface area contributed by atoms with Crippen LogP contribution in [0.15, 0.2) is 48.8 Å². The van der Waals surface area contributed by atoms with E-state index >= 15 is 0 Å². The number of pyridine rings is 1. The van der Waals surface area contributed by atoms with Gasteiger partial charge < -0.3 is 15.1 Å². The number of rotatable bonds is 6. The summed E-state index contributed by atoms with van der Waals surface area (Å²) >= 11 is 0. The summed E-state index contributed by atoms with van der Waals surface area (Å²) in [6.45, 7) is 3.03. The summed E-state index contributed by atoms with van der Waals surface area (Å²) in [6, 6.07) is 10.4. The molecule has 0 spiro atoms. The van der Waals surface area contributed by atoms with Gasteiger partial charge in [-0.1, -0.05) is 18.2 Å². The van der Waals surface area contributed by atoms with Crippen molar-refractivity contribution in [3.8, 4) is 0 Å². The Morgan fingerprint density at radius 1 is 1.30 bits per heavy atom. The molecule has 2 aromatic rings. The van der Waals surface area contributed by atoms with Crippen LogP contribution in [0.2, 0.25) is 0 Å². The first-order valence-electron chi connectivity index (χ1n) is 9.47. The molecule has 5 nitrogen and oxygen atoms in total. The van der Waals surface area contributed by atoms with Crippen LogP contribution >= 0.6 is 0 Å². The molecule has 1 aromatic heterocycles. The quantitative estimate of drug-likeness (QED) is 0.850. The van der Waals surface area contributed by atoms with Crippen LogP contribution in [0.1, 0.15) is 24.0 Å². The third-order valence-corrected chi connectivity index (χ3v) is 4.92. The van der Waals surface area contributed by atoms with Gasteiger partial charge in [-0.05, 0) is 62.2 Å². The summed E-state index contributed by atoms with van der Waals surface area (Å²) < 4.78 is 13.1. The second-order valence-electron chi connectivity index (χ2n) is 7.21. The standard InChI is InChI=1S/C21H27FN4O/c1-25-12-3-5-20(16-25)24-21(27)26(15-18-4-2-11-23-14-18)13-10-17-6-8-19(22)9-7-17/h2,4,6-9,11,14,20H,3,5,10,12-13,15-16H2,1H3,(H,24,27). The van der Waals surface area contributed by atoms with Crippen molar-refractivity contribution in [2.24, 2.45) is 0 Å².